The summed E-state index contributed by atoms with van der Waals surface area (Å²) in [6.07, 6.45) is 3.05. The molecule has 0 saturated carbocycles. The maximum absolute atomic E-state index is 12.3. The summed E-state index contributed by atoms with van der Waals surface area (Å²) in [6.45, 7) is 3.75. The number of H-pyrrole nitrogens is 1. The summed E-state index contributed by atoms with van der Waals surface area (Å²) in [6, 6.07) is 5.22. The second kappa shape index (κ2) is 6.22. The van der Waals surface area contributed by atoms with Gasteiger partial charge >= 0.3 is 0 Å². The van der Waals surface area contributed by atoms with E-state index >= 15 is 0 Å². The molecule has 0 aliphatic rings. The first-order valence-electron chi connectivity index (χ1n) is 7.11. The highest BCUT2D eigenvalue weighted by Crippen LogP contribution is 2.26. The van der Waals surface area contributed by atoms with Crippen LogP contribution in [0.15, 0.2) is 29.3 Å². The molecule has 3 rings (SSSR count). The van der Waals surface area contributed by atoms with Gasteiger partial charge in [-0.2, -0.15) is 5.26 Å². The van der Waals surface area contributed by atoms with Gasteiger partial charge in [0.05, 0.1) is 23.3 Å². The van der Waals surface area contributed by atoms with Gasteiger partial charge in [0.25, 0.3) is 5.56 Å². The van der Waals surface area contributed by atoms with Crippen LogP contribution in [0.5, 0.6) is 0 Å². The number of thiophene rings is 1. The predicted octanol–water partition coefficient (Wildman–Crippen LogP) is 2.24. The van der Waals surface area contributed by atoms with Gasteiger partial charge in [0.15, 0.2) is 5.92 Å². The summed E-state index contributed by atoms with van der Waals surface area (Å²) < 4.78 is 0. The van der Waals surface area contributed by atoms with Gasteiger partial charge < -0.3 is 10.3 Å². The zero-order chi connectivity index (χ0) is 17.3. The summed E-state index contributed by atoms with van der Waals surface area (Å²) in [7, 11) is 0. The number of carbonyl (C=O) groups is 1. The van der Waals surface area contributed by atoms with Crippen LogP contribution in [0.1, 0.15) is 22.2 Å². The molecule has 1 amide bonds. The molecule has 2 N–H and O–H groups in total. The number of carbonyl (C=O) groups excluding carboxylic acids is 1. The number of nitrogens with one attached hydrogen (secondary N) is 2. The largest absolute Gasteiger partial charge is 0.323 e. The third kappa shape index (κ3) is 2.77. The number of aromatic nitrogens is 3. The van der Waals surface area contributed by atoms with E-state index in [-0.39, 0.29) is 11.4 Å². The Bertz CT molecular complexity index is 1020. The van der Waals surface area contributed by atoms with Crippen molar-refractivity contribution in [2.75, 3.05) is 5.32 Å². The Balaban J connectivity index is 1.99. The molecule has 0 spiro atoms. The standard InChI is InChI=1S/C16H13N5O2S/c1-8-9(2)24-16-12(8)15(23)20-13(21-16)11(6-17)14(22)19-10-4-3-5-18-7-10/h3-5,7,11H,1-2H3,(H,19,22)(H,20,21,23)/t11-/m1/s1. The lowest BCUT2D eigenvalue weighted by molar-refractivity contribution is -0.116. The number of fused-ring (bicyclic) bond motifs is 1. The van der Waals surface area contributed by atoms with Crippen molar-refractivity contribution in [3.63, 3.8) is 0 Å². The van der Waals surface area contributed by atoms with Crippen LogP contribution in [0, 0.1) is 25.2 Å². The minimum Gasteiger partial charge on any atom is -0.323 e. The van der Waals surface area contributed by atoms with E-state index in [2.05, 4.69) is 20.3 Å². The van der Waals surface area contributed by atoms with Crippen molar-refractivity contribution in [3.05, 3.63) is 51.1 Å². The van der Waals surface area contributed by atoms with Crippen molar-refractivity contribution in [1.29, 1.82) is 5.26 Å². The van der Waals surface area contributed by atoms with Crippen LogP contribution in [0.2, 0.25) is 0 Å². The molecule has 0 bridgehead atoms. The molecule has 0 aromatic carbocycles. The molecule has 120 valence electrons. The molecule has 0 fully saturated rings. The van der Waals surface area contributed by atoms with E-state index in [1.807, 2.05) is 19.9 Å². The highest BCUT2D eigenvalue weighted by atomic mass is 32.1. The first kappa shape index (κ1) is 15.8. The van der Waals surface area contributed by atoms with Crippen molar-refractivity contribution < 1.29 is 4.79 Å². The maximum atomic E-state index is 12.3. The number of amides is 1. The summed E-state index contributed by atoms with van der Waals surface area (Å²) in [4.78, 5) is 36.9. The van der Waals surface area contributed by atoms with Gasteiger partial charge in [0.1, 0.15) is 10.7 Å². The number of nitrogens with zero attached hydrogens (tertiary/aromatic N) is 3. The molecule has 0 aliphatic carbocycles. The SMILES string of the molecule is Cc1sc2nc([C@@H](C#N)C(=O)Nc3cccnc3)[nH]c(=O)c2c1C. The molecule has 8 heteroatoms. The maximum Gasteiger partial charge on any atom is 0.259 e. The van der Waals surface area contributed by atoms with E-state index in [0.717, 1.165) is 10.4 Å². The van der Waals surface area contributed by atoms with Gasteiger partial charge in [-0.25, -0.2) is 4.98 Å². The summed E-state index contributed by atoms with van der Waals surface area (Å²) in [5.74, 6) is -1.75. The smallest absolute Gasteiger partial charge is 0.259 e. The number of rotatable bonds is 3. The molecular weight excluding hydrogens is 326 g/mol. The fraction of sp³-hybridized carbons (Fsp3) is 0.188. The molecule has 0 saturated heterocycles. The second-order valence-electron chi connectivity index (χ2n) is 5.21. The number of hydrogen-bond acceptors (Lipinski definition) is 6. The Hall–Kier alpha value is -3.05. The third-order valence-corrected chi connectivity index (χ3v) is 4.75. The minimum absolute atomic E-state index is 0.0395. The number of hydrogen-bond donors (Lipinski definition) is 2. The number of nitriles is 1. The number of anilines is 1. The average molecular weight is 339 g/mol. The number of aryl methyl sites for hydroxylation is 2. The van der Waals surface area contributed by atoms with Gasteiger partial charge in [-0.1, -0.05) is 0 Å². The highest BCUT2D eigenvalue weighted by molar-refractivity contribution is 7.18. The normalized spacial score (nSPS) is 11.9. The van der Waals surface area contributed by atoms with Crippen LogP contribution in [-0.2, 0) is 4.79 Å². The molecule has 0 unspecified atom stereocenters. The third-order valence-electron chi connectivity index (χ3n) is 3.65. The van der Waals surface area contributed by atoms with E-state index in [9.17, 15) is 14.9 Å². The lowest BCUT2D eigenvalue weighted by Crippen LogP contribution is -2.24. The fourth-order valence-corrected chi connectivity index (χ4v) is 3.34. The molecule has 1 atom stereocenters. The molecule has 24 heavy (non-hydrogen) atoms. The van der Waals surface area contributed by atoms with E-state index in [4.69, 9.17) is 0 Å². The molecule has 3 aromatic rings. The number of pyridine rings is 1. The summed E-state index contributed by atoms with van der Waals surface area (Å²) >= 11 is 1.37. The quantitative estimate of drug-likeness (QED) is 0.760. The first-order chi connectivity index (χ1) is 11.5. The van der Waals surface area contributed by atoms with Crippen LogP contribution in [0.4, 0.5) is 5.69 Å². The Kier molecular flexibility index (Phi) is 4.10. The topological polar surface area (TPSA) is 112 Å². The van der Waals surface area contributed by atoms with Gasteiger partial charge in [0.2, 0.25) is 5.91 Å². The lowest BCUT2D eigenvalue weighted by Gasteiger charge is -2.09. The Labute approximate surface area is 141 Å². The van der Waals surface area contributed by atoms with Crippen LogP contribution < -0.4 is 10.9 Å². The van der Waals surface area contributed by atoms with Gasteiger partial charge in [-0.15, -0.1) is 11.3 Å². The first-order valence-corrected chi connectivity index (χ1v) is 7.93. The Morgan fingerprint density at radius 1 is 1.46 bits per heavy atom. The summed E-state index contributed by atoms with van der Waals surface area (Å²) in [5.41, 5.74) is 0.990. The van der Waals surface area contributed by atoms with E-state index < -0.39 is 11.8 Å². The van der Waals surface area contributed by atoms with Crippen molar-refractivity contribution in [2.24, 2.45) is 0 Å². The van der Waals surface area contributed by atoms with E-state index in [1.54, 1.807) is 18.3 Å². The Morgan fingerprint density at radius 2 is 2.25 bits per heavy atom. The molecular formula is C16H13N5O2S. The second-order valence-corrected chi connectivity index (χ2v) is 6.41. The molecule has 0 radical (unpaired) electrons. The summed E-state index contributed by atoms with van der Waals surface area (Å²) in [5, 5.41) is 12.5. The molecule has 3 aromatic heterocycles. The number of aromatic amines is 1. The molecule has 0 aliphatic heterocycles. The van der Waals surface area contributed by atoms with Gasteiger partial charge in [0, 0.05) is 11.1 Å². The van der Waals surface area contributed by atoms with Gasteiger partial charge in [-0.3, -0.25) is 14.6 Å². The van der Waals surface area contributed by atoms with Crippen molar-refractivity contribution in [3.8, 4) is 6.07 Å². The van der Waals surface area contributed by atoms with Crippen molar-refractivity contribution in [2.45, 2.75) is 19.8 Å². The average Bonchev–Trinajstić information content (AvgIpc) is 2.84. The van der Waals surface area contributed by atoms with E-state index in [0.29, 0.717) is 15.9 Å². The van der Waals surface area contributed by atoms with E-state index in [1.165, 1.54) is 17.5 Å². The highest BCUT2D eigenvalue weighted by Gasteiger charge is 2.25. The fourth-order valence-electron chi connectivity index (χ4n) is 2.30. The van der Waals surface area contributed by atoms with Crippen molar-refractivity contribution in [1.82, 2.24) is 15.0 Å². The Morgan fingerprint density at radius 3 is 2.92 bits per heavy atom. The predicted molar refractivity (Wildman–Crippen MR) is 90.9 cm³/mol. The zero-order valence-corrected chi connectivity index (χ0v) is 13.8. The monoisotopic (exact) mass is 339 g/mol. The minimum atomic E-state index is -1.22. The molecule has 7 nitrogen and oxygen atoms in total. The zero-order valence-electron chi connectivity index (χ0n) is 13.0. The van der Waals surface area contributed by atoms with Crippen molar-refractivity contribution >= 4 is 33.1 Å². The lowest BCUT2D eigenvalue weighted by atomic mass is 10.1. The molecule has 3 heterocycles. The van der Waals surface area contributed by atoms with Crippen LogP contribution in [0.3, 0.4) is 0 Å². The van der Waals surface area contributed by atoms with Gasteiger partial charge in [-0.05, 0) is 31.5 Å². The van der Waals surface area contributed by atoms with Crippen LogP contribution in [0.25, 0.3) is 10.2 Å². The van der Waals surface area contributed by atoms with Crippen LogP contribution in [-0.4, -0.2) is 20.9 Å². The van der Waals surface area contributed by atoms with Crippen LogP contribution >= 0.6 is 11.3 Å².